The Balaban J connectivity index is 2.20. The lowest BCUT2D eigenvalue weighted by atomic mass is 9.96. The minimum Gasteiger partial charge on any atom is -0.466 e. The molecule has 90 valence electrons. The largest absolute Gasteiger partial charge is 0.466 e. The van der Waals surface area contributed by atoms with Crippen LogP contribution in [-0.4, -0.2) is 23.5 Å². The van der Waals surface area contributed by atoms with Crippen LogP contribution >= 0.6 is 0 Å². The highest BCUT2D eigenvalue weighted by molar-refractivity contribution is 5.83. The van der Waals surface area contributed by atoms with Gasteiger partial charge < -0.3 is 9.47 Å². The normalized spacial score (nSPS) is 23.2. The van der Waals surface area contributed by atoms with E-state index in [9.17, 15) is 9.59 Å². The van der Waals surface area contributed by atoms with E-state index in [1.54, 1.807) is 31.5 Å². The summed E-state index contributed by atoms with van der Waals surface area (Å²) in [5, 5.41) is 0. The SMILES string of the molecule is CCOC(=O)[C@H]1CC(=O)O[C@@H]1c1ccncc1. The molecular weight excluding hydrogens is 222 g/mol. The van der Waals surface area contributed by atoms with Gasteiger partial charge in [0.15, 0.2) is 0 Å². The zero-order valence-electron chi connectivity index (χ0n) is 9.46. The second kappa shape index (κ2) is 4.95. The fourth-order valence-corrected chi connectivity index (χ4v) is 1.87. The molecule has 0 saturated carbocycles. The predicted molar refractivity (Wildman–Crippen MR) is 57.8 cm³/mol. The molecule has 0 aromatic carbocycles. The predicted octanol–water partition coefficient (Wildman–Crippen LogP) is 1.25. The van der Waals surface area contributed by atoms with Gasteiger partial charge in [0.25, 0.3) is 0 Å². The number of pyridine rings is 1. The number of esters is 2. The summed E-state index contributed by atoms with van der Waals surface area (Å²) in [6.07, 6.45) is 2.73. The summed E-state index contributed by atoms with van der Waals surface area (Å²) in [4.78, 5) is 26.9. The number of rotatable bonds is 3. The molecule has 1 saturated heterocycles. The topological polar surface area (TPSA) is 65.5 Å². The summed E-state index contributed by atoms with van der Waals surface area (Å²) in [6.45, 7) is 2.03. The van der Waals surface area contributed by atoms with E-state index in [2.05, 4.69) is 4.98 Å². The first-order valence-corrected chi connectivity index (χ1v) is 5.48. The Morgan fingerprint density at radius 3 is 2.88 bits per heavy atom. The molecule has 5 heteroatoms. The standard InChI is InChI=1S/C12H13NO4/c1-2-16-12(15)9-7-10(14)17-11(9)8-3-5-13-6-4-8/h3-6,9,11H,2,7H2,1H3/t9-,11+/m0/s1. The maximum Gasteiger partial charge on any atom is 0.313 e. The Morgan fingerprint density at radius 1 is 1.53 bits per heavy atom. The number of hydrogen-bond donors (Lipinski definition) is 0. The molecule has 0 amide bonds. The quantitative estimate of drug-likeness (QED) is 0.737. The number of aromatic nitrogens is 1. The lowest BCUT2D eigenvalue weighted by molar-refractivity contribution is -0.150. The molecule has 0 spiro atoms. The number of hydrogen-bond acceptors (Lipinski definition) is 5. The first-order valence-electron chi connectivity index (χ1n) is 5.48. The smallest absolute Gasteiger partial charge is 0.313 e. The Bertz CT molecular complexity index is 418. The minimum atomic E-state index is -0.551. The molecule has 0 bridgehead atoms. The van der Waals surface area contributed by atoms with E-state index in [4.69, 9.17) is 9.47 Å². The number of ether oxygens (including phenoxy) is 2. The Hall–Kier alpha value is -1.91. The van der Waals surface area contributed by atoms with Crippen LogP contribution in [-0.2, 0) is 19.1 Å². The fraction of sp³-hybridized carbons (Fsp3) is 0.417. The number of cyclic esters (lactones) is 1. The molecule has 1 fully saturated rings. The van der Waals surface area contributed by atoms with Gasteiger partial charge in [-0.3, -0.25) is 14.6 Å². The zero-order valence-corrected chi connectivity index (χ0v) is 9.46. The molecule has 1 aliphatic heterocycles. The van der Waals surface area contributed by atoms with Gasteiger partial charge in [-0.1, -0.05) is 0 Å². The third-order valence-corrected chi connectivity index (χ3v) is 2.63. The highest BCUT2D eigenvalue weighted by Crippen LogP contribution is 2.35. The summed E-state index contributed by atoms with van der Waals surface area (Å²) in [5.41, 5.74) is 0.768. The van der Waals surface area contributed by atoms with E-state index in [0.29, 0.717) is 6.61 Å². The first-order chi connectivity index (χ1) is 8.22. The molecule has 0 N–H and O–H groups in total. The van der Waals surface area contributed by atoms with Crippen molar-refractivity contribution in [3.63, 3.8) is 0 Å². The van der Waals surface area contributed by atoms with Gasteiger partial charge >= 0.3 is 11.9 Å². The van der Waals surface area contributed by atoms with Gasteiger partial charge in [0.05, 0.1) is 13.0 Å². The molecule has 0 aliphatic carbocycles. The third-order valence-electron chi connectivity index (χ3n) is 2.63. The van der Waals surface area contributed by atoms with Crippen molar-refractivity contribution in [1.29, 1.82) is 0 Å². The van der Waals surface area contributed by atoms with Crippen LogP contribution in [0.2, 0.25) is 0 Å². The second-order valence-electron chi connectivity index (χ2n) is 3.75. The van der Waals surface area contributed by atoms with Crippen molar-refractivity contribution in [1.82, 2.24) is 4.98 Å². The molecule has 5 nitrogen and oxygen atoms in total. The Morgan fingerprint density at radius 2 is 2.24 bits per heavy atom. The number of nitrogens with zero attached hydrogens (tertiary/aromatic N) is 1. The molecule has 1 aromatic heterocycles. The zero-order chi connectivity index (χ0) is 12.3. The molecule has 0 unspecified atom stereocenters. The van der Waals surface area contributed by atoms with Crippen molar-refractivity contribution < 1.29 is 19.1 Å². The van der Waals surface area contributed by atoms with Crippen molar-refractivity contribution in [3.05, 3.63) is 30.1 Å². The molecule has 1 aromatic rings. The average molecular weight is 235 g/mol. The van der Waals surface area contributed by atoms with Gasteiger partial charge in [0.2, 0.25) is 0 Å². The second-order valence-corrected chi connectivity index (χ2v) is 3.75. The number of carbonyl (C=O) groups is 2. The van der Waals surface area contributed by atoms with E-state index >= 15 is 0 Å². The summed E-state index contributed by atoms with van der Waals surface area (Å²) in [5.74, 6) is -1.31. The third kappa shape index (κ3) is 2.43. The average Bonchev–Trinajstić information content (AvgIpc) is 2.73. The lowest BCUT2D eigenvalue weighted by Gasteiger charge is -2.16. The van der Waals surface area contributed by atoms with Crippen molar-refractivity contribution in [3.8, 4) is 0 Å². The van der Waals surface area contributed by atoms with Crippen LogP contribution in [0, 0.1) is 5.92 Å². The monoisotopic (exact) mass is 235 g/mol. The Kier molecular flexibility index (Phi) is 3.37. The van der Waals surface area contributed by atoms with Crippen LogP contribution < -0.4 is 0 Å². The van der Waals surface area contributed by atoms with Crippen molar-refractivity contribution in [2.45, 2.75) is 19.4 Å². The van der Waals surface area contributed by atoms with Crippen molar-refractivity contribution in [2.75, 3.05) is 6.61 Å². The van der Waals surface area contributed by atoms with Crippen LogP contribution in [0.4, 0.5) is 0 Å². The number of carbonyl (C=O) groups excluding carboxylic acids is 2. The maximum atomic E-state index is 11.7. The Labute approximate surface area is 98.7 Å². The van der Waals surface area contributed by atoms with E-state index in [0.717, 1.165) is 5.56 Å². The van der Waals surface area contributed by atoms with Gasteiger partial charge in [0.1, 0.15) is 12.0 Å². The van der Waals surface area contributed by atoms with E-state index in [1.807, 2.05) is 0 Å². The highest BCUT2D eigenvalue weighted by Gasteiger charge is 2.41. The lowest BCUT2D eigenvalue weighted by Crippen LogP contribution is -2.21. The molecule has 2 heterocycles. The van der Waals surface area contributed by atoms with Crippen LogP contribution in [0.25, 0.3) is 0 Å². The molecule has 1 aliphatic rings. The van der Waals surface area contributed by atoms with Crippen molar-refractivity contribution in [2.24, 2.45) is 5.92 Å². The molecule has 17 heavy (non-hydrogen) atoms. The maximum absolute atomic E-state index is 11.7. The minimum absolute atomic E-state index is 0.0752. The van der Waals surface area contributed by atoms with E-state index in [-0.39, 0.29) is 18.4 Å². The van der Waals surface area contributed by atoms with Crippen LogP contribution in [0.5, 0.6) is 0 Å². The molecule has 2 rings (SSSR count). The van der Waals surface area contributed by atoms with E-state index in [1.165, 1.54) is 0 Å². The highest BCUT2D eigenvalue weighted by atomic mass is 16.6. The molecule has 0 radical (unpaired) electrons. The van der Waals surface area contributed by atoms with Crippen molar-refractivity contribution >= 4 is 11.9 Å². The van der Waals surface area contributed by atoms with Gasteiger partial charge in [-0.15, -0.1) is 0 Å². The van der Waals surface area contributed by atoms with E-state index < -0.39 is 12.0 Å². The summed E-state index contributed by atoms with van der Waals surface area (Å²) in [6, 6.07) is 3.46. The summed E-state index contributed by atoms with van der Waals surface area (Å²) in [7, 11) is 0. The van der Waals surface area contributed by atoms with Gasteiger partial charge in [-0.2, -0.15) is 0 Å². The fourth-order valence-electron chi connectivity index (χ4n) is 1.87. The van der Waals surface area contributed by atoms with Gasteiger partial charge in [-0.05, 0) is 24.6 Å². The van der Waals surface area contributed by atoms with Gasteiger partial charge in [0, 0.05) is 12.4 Å². The summed E-state index contributed by atoms with van der Waals surface area (Å²) >= 11 is 0. The van der Waals surface area contributed by atoms with Crippen LogP contribution in [0.15, 0.2) is 24.5 Å². The molecular formula is C12H13NO4. The first kappa shape index (κ1) is 11.6. The molecule has 2 atom stereocenters. The van der Waals surface area contributed by atoms with Crippen LogP contribution in [0.1, 0.15) is 25.0 Å². The van der Waals surface area contributed by atoms with Gasteiger partial charge in [-0.25, -0.2) is 0 Å². The summed E-state index contributed by atoms with van der Waals surface area (Å²) < 4.78 is 10.1. The van der Waals surface area contributed by atoms with Crippen LogP contribution in [0.3, 0.4) is 0 Å².